The summed E-state index contributed by atoms with van der Waals surface area (Å²) in [6, 6.07) is 7.98. The Labute approximate surface area is 127 Å². The zero-order chi connectivity index (χ0) is 14.5. The van der Waals surface area contributed by atoms with E-state index < -0.39 is 0 Å². The molecule has 0 amide bonds. The Bertz CT molecular complexity index is 509. The average Bonchev–Trinajstić information content (AvgIpc) is 3.09. The predicted molar refractivity (Wildman–Crippen MR) is 84.4 cm³/mol. The Hall–Kier alpha value is -1.46. The van der Waals surface area contributed by atoms with Crippen molar-refractivity contribution in [3.8, 4) is 17.6 Å². The van der Waals surface area contributed by atoms with Crippen LogP contribution in [-0.4, -0.2) is 19.3 Å². The second-order valence-electron chi connectivity index (χ2n) is 6.15. The first-order chi connectivity index (χ1) is 10.3. The van der Waals surface area contributed by atoms with Crippen LogP contribution in [0.3, 0.4) is 0 Å². The van der Waals surface area contributed by atoms with Crippen LogP contribution in [0.4, 0.5) is 0 Å². The van der Waals surface area contributed by atoms with Crippen LogP contribution in [0.25, 0.3) is 0 Å². The highest BCUT2D eigenvalue weighted by Gasteiger charge is 2.41. The van der Waals surface area contributed by atoms with Gasteiger partial charge < -0.3 is 9.47 Å². The lowest BCUT2D eigenvalue weighted by Crippen LogP contribution is -2.41. The van der Waals surface area contributed by atoms with Crippen LogP contribution < -0.4 is 4.74 Å². The van der Waals surface area contributed by atoms with Gasteiger partial charge in [-0.25, -0.2) is 0 Å². The van der Waals surface area contributed by atoms with Gasteiger partial charge in [-0.3, -0.25) is 0 Å². The molecule has 1 aromatic carbocycles. The molecule has 1 saturated heterocycles. The summed E-state index contributed by atoms with van der Waals surface area (Å²) in [5.74, 6) is 8.37. The summed E-state index contributed by atoms with van der Waals surface area (Å²) in [5.41, 5.74) is 0.858. The van der Waals surface area contributed by atoms with Crippen molar-refractivity contribution in [2.75, 3.05) is 13.7 Å². The summed E-state index contributed by atoms with van der Waals surface area (Å²) in [5, 5.41) is 0. The first-order valence-electron chi connectivity index (χ1n) is 8.14. The van der Waals surface area contributed by atoms with Gasteiger partial charge in [0.15, 0.2) is 0 Å². The van der Waals surface area contributed by atoms with E-state index in [0.717, 1.165) is 24.3 Å². The van der Waals surface area contributed by atoms with Crippen molar-refractivity contribution in [2.24, 2.45) is 5.92 Å². The Morgan fingerprint density at radius 1 is 1.10 bits per heavy atom. The number of hydrogen-bond acceptors (Lipinski definition) is 2. The lowest BCUT2D eigenvalue weighted by molar-refractivity contribution is -0.0726. The number of benzene rings is 1. The Kier molecular flexibility index (Phi) is 4.51. The van der Waals surface area contributed by atoms with Crippen molar-refractivity contribution in [2.45, 2.75) is 50.5 Å². The van der Waals surface area contributed by atoms with Gasteiger partial charge in [0.25, 0.3) is 0 Å². The molecule has 0 aromatic heterocycles. The molecule has 21 heavy (non-hydrogen) atoms. The zero-order valence-electron chi connectivity index (χ0n) is 12.9. The molecule has 3 rings (SSSR count). The van der Waals surface area contributed by atoms with E-state index in [1.807, 2.05) is 24.3 Å². The molecule has 1 aromatic rings. The molecule has 1 aliphatic heterocycles. The summed E-state index contributed by atoms with van der Waals surface area (Å²) in [6.07, 6.45) is 8.74. The van der Waals surface area contributed by atoms with Gasteiger partial charge in [0.1, 0.15) is 11.4 Å². The minimum absolute atomic E-state index is 0.186. The predicted octanol–water partition coefficient (Wildman–Crippen LogP) is 4.18. The van der Waals surface area contributed by atoms with Crippen LogP contribution in [0, 0.1) is 17.8 Å². The van der Waals surface area contributed by atoms with Crippen LogP contribution in [-0.2, 0) is 4.74 Å². The molecule has 0 spiro atoms. The zero-order valence-corrected chi connectivity index (χ0v) is 12.9. The van der Waals surface area contributed by atoms with E-state index >= 15 is 0 Å². The van der Waals surface area contributed by atoms with E-state index in [0.29, 0.717) is 5.92 Å². The van der Waals surface area contributed by atoms with E-state index in [1.165, 1.54) is 38.5 Å². The Morgan fingerprint density at radius 3 is 2.48 bits per heavy atom. The highest BCUT2D eigenvalue weighted by atomic mass is 16.5. The monoisotopic (exact) mass is 284 g/mol. The van der Waals surface area contributed by atoms with Crippen molar-refractivity contribution in [3.63, 3.8) is 0 Å². The molecule has 2 fully saturated rings. The van der Waals surface area contributed by atoms with Crippen LogP contribution in [0.5, 0.6) is 5.75 Å². The van der Waals surface area contributed by atoms with Gasteiger partial charge in [0, 0.05) is 12.2 Å². The van der Waals surface area contributed by atoms with Crippen LogP contribution in [0.15, 0.2) is 24.3 Å². The van der Waals surface area contributed by atoms with Crippen LogP contribution in [0.2, 0.25) is 0 Å². The molecule has 1 heterocycles. The fourth-order valence-electron chi connectivity index (χ4n) is 3.58. The van der Waals surface area contributed by atoms with Crippen molar-refractivity contribution in [3.05, 3.63) is 29.8 Å². The van der Waals surface area contributed by atoms with Crippen molar-refractivity contribution >= 4 is 0 Å². The highest BCUT2D eigenvalue weighted by Crippen LogP contribution is 2.41. The van der Waals surface area contributed by atoms with Gasteiger partial charge >= 0.3 is 0 Å². The third-order valence-corrected chi connectivity index (χ3v) is 4.83. The fraction of sp³-hybridized carbons (Fsp3) is 0.579. The molecule has 1 unspecified atom stereocenters. The van der Waals surface area contributed by atoms with E-state index in [2.05, 4.69) is 11.8 Å². The standard InChI is InChI=1S/C19H24O2/c1-20-18-10-8-16(9-11-18)12-14-19(13-4-5-15-21-19)17-6-2-3-7-17/h8-11,17H,2-7,13,15H2,1H3. The number of rotatable bonds is 2. The van der Waals surface area contributed by atoms with Crippen molar-refractivity contribution in [1.29, 1.82) is 0 Å². The first-order valence-corrected chi connectivity index (χ1v) is 8.14. The summed E-state index contributed by atoms with van der Waals surface area (Å²) >= 11 is 0. The minimum Gasteiger partial charge on any atom is -0.497 e. The molecule has 0 bridgehead atoms. The van der Waals surface area contributed by atoms with E-state index in [1.54, 1.807) is 7.11 Å². The number of methoxy groups -OCH3 is 1. The molecule has 2 aliphatic rings. The van der Waals surface area contributed by atoms with E-state index in [-0.39, 0.29) is 5.60 Å². The van der Waals surface area contributed by atoms with Crippen LogP contribution >= 0.6 is 0 Å². The Balaban J connectivity index is 1.82. The minimum atomic E-state index is -0.186. The smallest absolute Gasteiger partial charge is 0.131 e. The number of ether oxygens (including phenoxy) is 2. The SMILES string of the molecule is COc1ccc(C#CC2(C3CCCC3)CCCCO2)cc1. The maximum Gasteiger partial charge on any atom is 0.131 e. The Morgan fingerprint density at radius 2 is 1.86 bits per heavy atom. The third-order valence-electron chi connectivity index (χ3n) is 4.83. The fourth-order valence-corrected chi connectivity index (χ4v) is 3.58. The molecule has 1 saturated carbocycles. The largest absolute Gasteiger partial charge is 0.497 e. The first kappa shape index (κ1) is 14.5. The topological polar surface area (TPSA) is 18.5 Å². The maximum atomic E-state index is 6.22. The molecule has 0 radical (unpaired) electrons. The van der Waals surface area contributed by atoms with E-state index in [4.69, 9.17) is 9.47 Å². The lowest BCUT2D eigenvalue weighted by atomic mass is 9.80. The second-order valence-corrected chi connectivity index (χ2v) is 6.15. The van der Waals surface area contributed by atoms with Crippen molar-refractivity contribution < 1.29 is 9.47 Å². The lowest BCUT2D eigenvalue weighted by Gasteiger charge is -2.38. The normalized spacial score (nSPS) is 26.1. The number of hydrogen-bond donors (Lipinski definition) is 0. The van der Waals surface area contributed by atoms with Crippen molar-refractivity contribution in [1.82, 2.24) is 0 Å². The van der Waals surface area contributed by atoms with E-state index in [9.17, 15) is 0 Å². The van der Waals surface area contributed by atoms with Gasteiger partial charge in [0.2, 0.25) is 0 Å². The highest BCUT2D eigenvalue weighted by molar-refractivity contribution is 5.40. The molecular weight excluding hydrogens is 260 g/mol. The van der Waals surface area contributed by atoms with Crippen LogP contribution in [0.1, 0.15) is 50.5 Å². The molecule has 112 valence electrons. The second kappa shape index (κ2) is 6.54. The molecule has 1 aliphatic carbocycles. The van der Waals surface area contributed by atoms with Gasteiger partial charge in [-0.2, -0.15) is 0 Å². The molecule has 1 atom stereocenters. The molecule has 0 N–H and O–H groups in total. The maximum absolute atomic E-state index is 6.22. The molecular formula is C19H24O2. The van der Waals surface area contributed by atoms with Gasteiger partial charge in [-0.15, -0.1) is 0 Å². The summed E-state index contributed by atoms with van der Waals surface area (Å²) in [6.45, 7) is 0.869. The molecule has 2 heteroatoms. The van der Waals surface area contributed by atoms with Gasteiger partial charge in [0.05, 0.1) is 7.11 Å². The third kappa shape index (κ3) is 3.24. The quantitative estimate of drug-likeness (QED) is 0.759. The molecule has 2 nitrogen and oxygen atoms in total. The van der Waals surface area contributed by atoms with Gasteiger partial charge in [-0.1, -0.05) is 24.7 Å². The summed E-state index contributed by atoms with van der Waals surface area (Å²) < 4.78 is 11.4. The average molecular weight is 284 g/mol. The summed E-state index contributed by atoms with van der Waals surface area (Å²) in [4.78, 5) is 0. The van der Waals surface area contributed by atoms with Gasteiger partial charge in [-0.05, 0) is 62.3 Å². The summed E-state index contributed by atoms with van der Waals surface area (Å²) in [7, 11) is 1.69.